The van der Waals surface area contributed by atoms with Crippen LogP contribution in [-0.4, -0.2) is 0 Å². The number of fused-ring (bicyclic) bond motifs is 3. The molecule has 2 heterocycles. The molecule has 5 aromatic rings. The van der Waals surface area contributed by atoms with Gasteiger partial charge in [-0.1, -0.05) is 151 Å². The number of nitrogens with zero attached hydrogens (tertiary/aromatic N) is 3. The van der Waals surface area contributed by atoms with Gasteiger partial charge in [0, 0.05) is 45.1 Å². The fourth-order valence-corrected chi connectivity index (χ4v) is 8.13. The normalized spacial score (nSPS) is 13.1. The molecule has 0 amide bonds. The molecule has 0 N–H and O–H groups in total. The van der Waals surface area contributed by atoms with E-state index in [-0.39, 0.29) is 22.4 Å². The van der Waals surface area contributed by atoms with Crippen molar-refractivity contribution in [1.82, 2.24) is 0 Å². The Labute approximate surface area is 321 Å². The summed E-state index contributed by atoms with van der Waals surface area (Å²) in [6, 6.07) is 35.2. The quantitative estimate of drug-likeness (QED) is 0.123. The number of para-hydroxylation sites is 6. The van der Waals surface area contributed by atoms with E-state index in [1.54, 1.807) is 0 Å². The summed E-state index contributed by atoms with van der Waals surface area (Å²) in [6.45, 7) is 25.0. The molecule has 3 nitrogen and oxygen atoms in total. The average Bonchev–Trinajstić information content (AvgIpc) is 3.46. The summed E-state index contributed by atoms with van der Waals surface area (Å²) in [4.78, 5) is 7.42. The first-order valence-electron chi connectivity index (χ1n) is 17.8. The standard InChI is InChI=1S/C31H39N2.C14H12NS.Au/c1-20(2)24-13-11-14-25(21(3)4)30(24)32-19-33(29-18-10-9-17-28(29)32)31-26(22(5)6)15-12-16-27(31)23(7)8;1-9-5-3-7-11-13(9)15-14-10(2)6-4-8-12(14)16-11;/h9-23H,1-8H3;3-8H,1-2H3;/q2*-1;. The van der Waals surface area contributed by atoms with Gasteiger partial charge in [0.15, 0.2) is 0 Å². The van der Waals surface area contributed by atoms with Crippen molar-refractivity contribution in [2.75, 3.05) is 9.80 Å². The molecule has 0 atom stereocenters. The van der Waals surface area contributed by atoms with E-state index in [1.807, 2.05) is 11.8 Å². The van der Waals surface area contributed by atoms with E-state index in [1.165, 1.54) is 65.9 Å². The van der Waals surface area contributed by atoms with Crippen molar-refractivity contribution in [3.8, 4) is 0 Å². The van der Waals surface area contributed by atoms with Gasteiger partial charge in [-0.3, -0.25) is 0 Å². The van der Waals surface area contributed by atoms with Gasteiger partial charge in [0.25, 0.3) is 0 Å². The molecule has 0 aromatic heterocycles. The van der Waals surface area contributed by atoms with E-state index in [2.05, 4.69) is 183 Å². The van der Waals surface area contributed by atoms with Crippen molar-refractivity contribution in [1.29, 1.82) is 0 Å². The number of anilines is 4. The summed E-state index contributed by atoms with van der Waals surface area (Å²) < 4.78 is 0. The van der Waals surface area contributed by atoms with Crippen molar-refractivity contribution < 1.29 is 22.4 Å². The molecule has 265 valence electrons. The van der Waals surface area contributed by atoms with E-state index in [0.29, 0.717) is 23.7 Å². The van der Waals surface area contributed by atoms with Gasteiger partial charge in [-0.25, -0.2) is 0 Å². The largest absolute Gasteiger partial charge is 0.656 e. The molecule has 1 radical (unpaired) electrons. The molecule has 0 saturated heterocycles. The summed E-state index contributed by atoms with van der Waals surface area (Å²) in [5.74, 6) is 1.79. The third-order valence-corrected chi connectivity index (χ3v) is 10.7. The van der Waals surface area contributed by atoms with Crippen LogP contribution in [0.5, 0.6) is 0 Å². The smallest absolute Gasteiger partial charge is 0.0345 e. The molecule has 0 spiro atoms. The molecule has 0 saturated carbocycles. The van der Waals surface area contributed by atoms with Crippen LogP contribution in [0.2, 0.25) is 0 Å². The number of aryl methyl sites for hydroxylation is 2. The first-order valence-corrected chi connectivity index (χ1v) is 18.7. The zero-order chi connectivity index (χ0) is 35.0. The molecule has 2 aliphatic rings. The van der Waals surface area contributed by atoms with Crippen LogP contribution in [0.15, 0.2) is 107 Å². The SMILES string of the molecule is CC(C)c1cccc(C(C)C)c1N1[CH-]N(c2c(C(C)C)cccc2C(C)C)c2ccccc21.Cc1cccc2c1[N-]c1c(C)cccc1S2.[Au]. The van der Waals surface area contributed by atoms with Gasteiger partial charge in [0.1, 0.15) is 0 Å². The Hall–Kier alpha value is -3.41. The number of hydrogen-bond donors (Lipinski definition) is 0. The monoisotopic (exact) mass is 862 g/mol. The van der Waals surface area contributed by atoms with Gasteiger partial charge in [0.2, 0.25) is 0 Å². The summed E-state index contributed by atoms with van der Waals surface area (Å²) in [5.41, 5.74) is 15.5. The summed E-state index contributed by atoms with van der Waals surface area (Å²) in [6.07, 6.45) is 0. The van der Waals surface area contributed by atoms with Crippen LogP contribution >= 0.6 is 11.8 Å². The van der Waals surface area contributed by atoms with Crippen LogP contribution in [0.1, 0.15) is 112 Å². The van der Waals surface area contributed by atoms with Gasteiger partial charge in [-0.15, -0.1) is 18.0 Å². The Morgan fingerprint density at radius 2 is 0.820 bits per heavy atom. The van der Waals surface area contributed by atoms with Crippen LogP contribution in [0.3, 0.4) is 0 Å². The Bertz CT molecular complexity index is 1770. The Morgan fingerprint density at radius 1 is 0.480 bits per heavy atom. The average molecular weight is 863 g/mol. The first-order chi connectivity index (χ1) is 23.5. The topological polar surface area (TPSA) is 20.6 Å². The van der Waals surface area contributed by atoms with Gasteiger partial charge in [0.05, 0.1) is 0 Å². The van der Waals surface area contributed by atoms with Crippen molar-refractivity contribution in [2.24, 2.45) is 0 Å². The molecule has 2 aliphatic heterocycles. The van der Waals surface area contributed by atoms with Crippen LogP contribution < -0.4 is 9.80 Å². The maximum Gasteiger partial charge on any atom is 0.0345 e. The van der Waals surface area contributed by atoms with Crippen molar-refractivity contribution >= 4 is 45.9 Å². The third kappa shape index (κ3) is 7.32. The number of hydrogen-bond acceptors (Lipinski definition) is 3. The van der Waals surface area contributed by atoms with Crippen molar-refractivity contribution in [2.45, 2.75) is 103 Å². The minimum Gasteiger partial charge on any atom is -0.656 e. The maximum atomic E-state index is 4.79. The predicted octanol–water partition coefficient (Wildman–Crippen LogP) is 14.7. The van der Waals surface area contributed by atoms with Crippen LogP contribution in [-0.2, 0) is 22.4 Å². The van der Waals surface area contributed by atoms with E-state index in [0.717, 1.165) is 11.4 Å². The van der Waals surface area contributed by atoms with E-state index in [9.17, 15) is 0 Å². The summed E-state index contributed by atoms with van der Waals surface area (Å²) in [7, 11) is 0. The Balaban J connectivity index is 0.000000238. The molecular weight excluding hydrogens is 812 g/mol. The molecule has 5 heteroatoms. The maximum absolute atomic E-state index is 4.79. The zero-order valence-electron chi connectivity index (χ0n) is 31.2. The van der Waals surface area contributed by atoms with E-state index < -0.39 is 0 Å². The van der Waals surface area contributed by atoms with Gasteiger partial charge in [-0.2, -0.15) is 0 Å². The third-order valence-electron chi connectivity index (χ3n) is 9.64. The molecule has 0 bridgehead atoms. The van der Waals surface area contributed by atoms with Gasteiger partial charge < -0.3 is 15.1 Å². The number of rotatable bonds is 6. The van der Waals surface area contributed by atoms with Crippen LogP contribution in [0.4, 0.5) is 34.1 Å². The second-order valence-electron chi connectivity index (χ2n) is 14.6. The van der Waals surface area contributed by atoms with Crippen LogP contribution in [0.25, 0.3) is 5.32 Å². The Kier molecular flexibility index (Phi) is 12.0. The molecule has 7 rings (SSSR count). The molecule has 0 unspecified atom stereocenters. The summed E-state index contributed by atoms with van der Waals surface area (Å²) in [5, 5.41) is 4.79. The van der Waals surface area contributed by atoms with Gasteiger partial charge in [-0.05, 0) is 93.8 Å². The van der Waals surface area contributed by atoms with Crippen molar-refractivity contribution in [3.63, 3.8) is 0 Å². The minimum absolute atomic E-state index is 0. The van der Waals surface area contributed by atoms with Gasteiger partial charge >= 0.3 is 0 Å². The van der Waals surface area contributed by atoms with E-state index >= 15 is 0 Å². The second kappa shape index (κ2) is 15.9. The summed E-state index contributed by atoms with van der Waals surface area (Å²) >= 11 is 1.82. The fourth-order valence-electron chi connectivity index (χ4n) is 6.99. The minimum atomic E-state index is 0. The fraction of sp³-hybridized carbons (Fsp3) is 0.311. The first kappa shape index (κ1) is 37.8. The molecular formula is C45H51AuN3S-2. The zero-order valence-corrected chi connectivity index (χ0v) is 34.2. The molecule has 0 aliphatic carbocycles. The van der Waals surface area contributed by atoms with Crippen molar-refractivity contribution in [3.05, 3.63) is 142 Å². The number of benzene rings is 5. The van der Waals surface area contributed by atoms with Crippen LogP contribution in [0, 0.1) is 20.5 Å². The molecule has 50 heavy (non-hydrogen) atoms. The second-order valence-corrected chi connectivity index (χ2v) is 15.7. The molecule has 5 aromatic carbocycles. The Morgan fingerprint density at radius 3 is 1.16 bits per heavy atom. The predicted molar refractivity (Wildman–Crippen MR) is 213 cm³/mol. The molecule has 0 fully saturated rings. The van der Waals surface area contributed by atoms with E-state index in [4.69, 9.17) is 5.32 Å².